The Labute approximate surface area is 299 Å². The number of phenols is 1. The van der Waals surface area contributed by atoms with Gasteiger partial charge in [0, 0.05) is 38.6 Å². The van der Waals surface area contributed by atoms with Crippen LogP contribution in [0.2, 0.25) is 0 Å². The Balaban J connectivity index is 1.12. The number of nitrogens with zero attached hydrogens (tertiary/aromatic N) is 3. The highest BCUT2D eigenvalue weighted by Crippen LogP contribution is 2.41. The summed E-state index contributed by atoms with van der Waals surface area (Å²) in [4.78, 5) is 15.1. The van der Waals surface area contributed by atoms with Crippen LogP contribution in [0.5, 0.6) is 5.75 Å². The molecule has 0 unspecified atom stereocenters. The van der Waals surface area contributed by atoms with E-state index in [9.17, 15) is 5.11 Å². The molecule has 1 N–H and O–H groups in total. The molecule has 0 aliphatic heterocycles. The predicted octanol–water partition coefficient (Wildman–Crippen LogP) is 12.1. The van der Waals surface area contributed by atoms with Gasteiger partial charge in [0.1, 0.15) is 16.9 Å². The van der Waals surface area contributed by atoms with Crippen molar-refractivity contribution >= 4 is 43.5 Å². The van der Waals surface area contributed by atoms with Gasteiger partial charge in [-0.1, -0.05) is 152 Å². The molecule has 0 amide bonds. The molecular weight excluding hydrogens is 639 g/mol. The highest BCUT2D eigenvalue weighted by atomic mass is 16.3. The second kappa shape index (κ2) is 12.0. The first-order valence-corrected chi connectivity index (χ1v) is 17.2. The SMILES string of the molecule is Oc1cccc(-c2nc(-c3ccccc3)nc(-c3ccc4ccc5ccccc5c4c3)n2)c1-c1ccc(-c2cccc3c2oc2ccccc23)cc1. The largest absolute Gasteiger partial charge is 0.507 e. The number of phenolic OH excluding ortho intramolecular Hbond substituents is 1. The maximum Gasteiger partial charge on any atom is 0.164 e. The lowest BCUT2D eigenvalue weighted by molar-refractivity contribution is 0.477. The van der Waals surface area contributed by atoms with E-state index in [1.54, 1.807) is 6.07 Å². The van der Waals surface area contributed by atoms with Gasteiger partial charge in [0.05, 0.1) is 0 Å². The van der Waals surface area contributed by atoms with Crippen molar-refractivity contribution in [3.63, 3.8) is 0 Å². The van der Waals surface area contributed by atoms with Gasteiger partial charge >= 0.3 is 0 Å². The molecule has 0 fully saturated rings. The summed E-state index contributed by atoms with van der Waals surface area (Å²) < 4.78 is 6.33. The molecule has 0 aliphatic carbocycles. The Bertz CT molecular complexity index is 2970. The Hall–Kier alpha value is -7.11. The molecule has 0 saturated carbocycles. The first kappa shape index (κ1) is 29.8. The molecule has 244 valence electrons. The highest BCUT2D eigenvalue weighted by molar-refractivity contribution is 6.10. The molecule has 10 rings (SSSR count). The van der Waals surface area contributed by atoms with Crippen LogP contribution in [0.4, 0.5) is 0 Å². The van der Waals surface area contributed by atoms with Crippen molar-refractivity contribution in [3.05, 3.63) is 170 Å². The number of hydrogen-bond acceptors (Lipinski definition) is 5. The molecule has 5 heteroatoms. The normalized spacial score (nSPS) is 11.5. The molecule has 52 heavy (non-hydrogen) atoms. The molecule has 5 nitrogen and oxygen atoms in total. The van der Waals surface area contributed by atoms with Gasteiger partial charge in [-0.25, -0.2) is 15.0 Å². The van der Waals surface area contributed by atoms with Crippen molar-refractivity contribution in [2.45, 2.75) is 0 Å². The van der Waals surface area contributed by atoms with E-state index in [0.717, 1.165) is 60.5 Å². The van der Waals surface area contributed by atoms with Gasteiger partial charge in [-0.3, -0.25) is 0 Å². The van der Waals surface area contributed by atoms with Crippen LogP contribution < -0.4 is 0 Å². The molecule has 0 radical (unpaired) electrons. The highest BCUT2D eigenvalue weighted by Gasteiger charge is 2.19. The van der Waals surface area contributed by atoms with Crippen molar-refractivity contribution in [3.8, 4) is 62.2 Å². The molecule has 0 aliphatic rings. The second-order valence-electron chi connectivity index (χ2n) is 13.0. The summed E-state index contributed by atoms with van der Waals surface area (Å²) in [6.45, 7) is 0. The molecule has 0 atom stereocenters. The molecular formula is C47H29N3O2. The summed E-state index contributed by atoms with van der Waals surface area (Å²) >= 11 is 0. The number of fused-ring (bicyclic) bond motifs is 6. The van der Waals surface area contributed by atoms with Gasteiger partial charge in [0.15, 0.2) is 17.5 Å². The maximum atomic E-state index is 11.4. The van der Waals surface area contributed by atoms with Crippen molar-refractivity contribution in [2.75, 3.05) is 0 Å². The zero-order valence-electron chi connectivity index (χ0n) is 27.9. The maximum absolute atomic E-state index is 11.4. The van der Waals surface area contributed by atoms with Gasteiger partial charge in [0.2, 0.25) is 0 Å². The van der Waals surface area contributed by atoms with Gasteiger partial charge < -0.3 is 9.52 Å². The first-order chi connectivity index (χ1) is 25.7. The Morgan fingerprint density at radius 3 is 1.83 bits per heavy atom. The van der Waals surface area contributed by atoms with Crippen molar-refractivity contribution in [1.82, 2.24) is 15.0 Å². The lowest BCUT2D eigenvalue weighted by atomic mass is 9.95. The molecule has 0 saturated heterocycles. The summed E-state index contributed by atoms with van der Waals surface area (Å²) in [7, 11) is 0. The van der Waals surface area contributed by atoms with Crippen molar-refractivity contribution in [1.29, 1.82) is 0 Å². The number of furan rings is 1. The number of aromatic nitrogens is 3. The van der Waals surface area contributed by atoms with Crippen LogP contribution in [0.1, 0.15) is 0 Å². The Kier molecular flexibility index (Phi) is 6.89. The van der Waals surface area contributed by atoms with E-state index in [4.69, 9.17) is 19.4 Å². The van der Waals surface area contributed by atoms with Crippen LogP contribution in [0.3, 0.4) is 0 Å². The Morgan fingerprint density at radius 2 is 0.981 bits per heavy atom. The summed E-state index contributed by atoms with van der Waals surface area (Å²) in [5, 5.41) is 18.2. The third kappa shape index (κ3) is 4.98. The minimum Gasteiger partial charge on any atom is -0.507 e. The van der Waals surface area contributed by atoms with Crippen molar-refractivity contribution < 1.29 is 9.52 Å². The molecule has 2 aromatic heterocycles. The van der Waals surface area contributed by atoms with Gasteiger partial charge in [0.25, 0.3) is 0 Å². The fraction of sp³-hybridized carbons (Fsp3) is 0. The minimum atomic E-state index is 0.144. The monoisotopic (exact) mass is 667 g/mol. The van der Waals surface area contributed by atoms with Crippen LogP contribution in [-0.4, -0.2) is 20.1 Å². The van der Waals surface area contributed by atoms with E-state index < -0.39 is 0 Å². The number of benzene rings is 8. The zero-order chi connectivity index (χ0) is 34.6. The van der Waals surface area contributed by atoms with E-state index in [-0.39, 0.29) is 5.75 Å². The van der Waals surface area contributed by atoms with Crippen molar-refractivity contribution in [2.24, 2.45) is 0 Å². The van der Waals surface area contributed by atoms with Gasteiger partial charge in [-0.05, 0) is 50.9 Å². The quantitative estimate of drug-likeness (QED) is 0.185. The van der Waals surface area contributed by atoms with Crippen LogP contribution in [0.25, 0.3) is 99.9 Å². The summed E-state index contributed by atoms with van der Waals surface area (Å²) in [6, 6.07) is 57.1. The fourth-order valence-corrected chi connectivity index (χ4v) is 7.30. The topological polar surface area (TPSA) is 72.0 Å². The Morgan fingerprint density at radius 1 is 0.385 bits per heavy atom. The van der Waals surface area contributed by atoms with E-state index in [2.05, 4.69) is 91.0 Å². The standard InChI is InChI=1S/C47H29N3O2/c51-41-18-9-17-39(43(41)32-25-22-30(23-26-32)36-15-8-16-38-37-14-6-7-19-42(37)52-44(36)38)47-49-45(33-11-2-1-3-12-33)48-46(50-47)34-27-24-31-21-20-29-10-4-5-13-35(29)40(31)28-34/h1-28,51H. The first-order valence-electron chi connectivity index (χ1n) is 17.2. The predicted molar refractivity (Wildman–Crippen MR) is 211 cm³/mol. The molecule has 2 heterocycles. The summed E-state index contributed by atoms with van der Waals surface area (Å²) in [6.07, 6.45) is 0. The van der Waals surface area contributed by atoms with Crippen LogP contribution in [0.15, 0.2) is 174 Å². The van der Waals surface area contributed by atoms with Crippen LogP contribution in [-0.2, 0) is 0 Å². The number of aromatic hydroxyl groups is 1. The van der Waals surface area contributed by atoms with E-state index in [1.165, 1.54) is 10.8 Å². The molecule has 8 aromatic carbocycles. The lowest BCUT2D eigenvalue weighted by Gasteiger charge is -2.14. The third-order valence-electron chi connectivity index (χ3n) is 9.84. The lowest BCUT2D eigenvalue weighted by Crippen LogP contribution is -2.01. The third-order valence-corrected chi connectivity index (χ3v) is 9.84. The zero-order valence-corrected chi connectivity index (χ0v) is 27.9. The van der Waals surface area contributed by atoms with E-state index in [0.29, 0.717) is 28.6 Å². The fourth-order valence-electron chi connectivity index (χ4n) is 7.30. The number of rotatable bonds is 5. The van der Waals surface area contributed by atoms with Crippen LogP contribution >= 0.6 is 0 Å². The van der Waals surface area contributed by atoms with Gasteiger partial charge in [-0.2, -0.15) is 0 Å². The van der Waals surface area contributed by atoms with Crippen LogP contribution in [0, 0.1) is 0 Å². The second-order valence-corrected chi connectivity index (χ2v) is 13.0. The average Bonchev–Trinajstić information content (AvgIpc) is 3.60. The summed E-state index contributed by atoms with van der Waals surface area (Å²) in [5.74, 6) is 1.73. The average molecular weight is 668 g/mol. The van der Waals surface area contributed by atoms with Gasteiger partial charge in [-0.15, -0.1) is 0 Å². The van der Waals surface area contributed by atoms with E-state index >= 15 is 0 Å². The van der Waals surface area contributed by atoms with E-state index in [1.807, 2.05) is 72.8 Å². The number of hydrogen-bond donors (Lipinski definition) is 1. The smallest absolute Gasteiger partial charge is 0.164 e. The minimum absolute atomic E-state index is 0.144. The summed E-state index contributed by atoms with van der Waals surface area (Å²) in [5.41, 5.74) is 7.71. The molecule has 0 bridgehead atoms. The molecule has 0 spiro atoms. The number of para-hydroxylation sites is 2. The molecule has 10 aromatic rings.